The minimum absolute atomic E-state index is 1.14. The van der Waals surface area contributed by atoms with E-state index >= 15 is 0 Å². The molecule has 7 aromatic carbocycles. The Kier molecular flexibility index (Phi) is 13.7. The Bertz CT molecular complexity index is 2230. The van der Waals surface area contributed by atoms with Crippen LogP contribution in [0.1, 0.15) is 18.1 Å². The lowest BCUT2D eigenvalue weighted by Gasteiger charge is -2.18. The van der Waals surface area contributed by atoms with Gasteiger partial charge in [-0.2, -0.15) is 12.6 Å². The van der Waals surface area contributed by atoms with Crippen LogP contribution in [-0.2, 0) is 0 Å². The molecule has 0 aromatic heterocycles. The Morgan fingerprint density at radius 1 is 0.580 bits per heavy atom. The first-order valence-corrected chi connectivity index (χ1v) is 17.5. The van der Waals surface area contributed by atoms with E-state index in [0.29, 0.717) is 0 Å². The molecular formula is C47H46N2S. The van der Waals surface area contributed by atoms with Crippen LogP contribution >= 0.6 is 12.6 Å². The van der Waals surface area contributed by atoms with Crippen LogP contribution in [0.3, 0.4) is 0 Å². The van der Waals surface area contributed by atoms with Crippen molar-refractivity contribution in [1.29, 1.82) is 5.41 Å². The van der Waals surface area contributed by atoms with E-state index in [4.69, 9.17) is 5.41 Å². The van der Waals surface area contributed by atoms with E-state index in [0.717, 1.165) is 11.8 Å². The minimum Gasteiger partial charge on any atom is -0.333 e. The normalized spacial score (nSPS) is 10.6. The number of fused-ring (bicyclic) bond motifs is 3. The summed E-state index contributed by atoms with van der Waals surface area (Å²) in [7, 11) is 1.50. The summed E-state index contributed by atoms with van der Waals surface area (Å²) < 4.78 is 0. The molecule has 0 aliphatic heterocycles. The molecule has 0 amide bonds. The van der Waals surface area contributed by atoms with Gasteiger partial charge in [0.25, 0.3) is 0 Å². The molecule has 0 aliphatic carbocycles. The van der Waals surface area contributed by atoms with Crippen molar-refractivity contribution in [2.45, 2.75) is 13.8 Å². The number of rotatable bonds is 6. The number of nitrogens with one attached hydrogen (secondary N) is 1. The van der Waals surface area contributed by atoms with Crippen molar-refractivity contribution in [3.8, 4) is 33.4 Å². The molecule has 2 nitrogen and oxygen atoms in total. The summed E-state index contributed by atoms with van der Waals surface area (Å²) in [5.74, 6) is 0. The van der Waals surface area contributed by atoms with Gasteiger partial charge in [0.05, 0.1) is 0 Å². The van der Waals surface area contributed by atoms with Crippen LogP contribution in [-0.4, -0.2) is 19.5 Å². The van der Waals surface area contributed by atoms with Crippen LogP contribution in [0, 0.1) is 12.3 Å². The highest BCUT2D eigenvalue weighted by Gasteiger charge is 2.17. The number of hydrogen-bond acceptors (Lipinski definition) is 3. The SMILES string of the molecule is C=C/C(=C\C)c1cccc(-c2ccc3ccc(-c4c5ccccc5c(-c5cccc(C)c5)c5ccccc45)cc3c2)c1.C=CC=N.CN.CS. The Hall–Kier alpha value is -5.48. The maximum absolute atomic E-state index is 6.21. The molecule has 250 valence electrons. The zero-order valence-corrected chi connectivity index (χ0v) is 30.3. The highest BCUT2D eigenvalue weighted by Crippen LogP contribution is 2.44. The van der Waals surface area contributed by atoms with E-state index < -0.39 is 0 Å². The first-order chi connectivity index (χ1) is 24.6. The highest BCUT2D eigenvalue weighted by atomic mass is 32.1. The number of benzene rings is 7. The van der Waals surface area contributed by atoms with Crippen molar-refractivity contribution in [2.24, 2.45) is 5.73 Å². The smallest absolute Gasteiger partial charge is 0.0171 e. The average Bonchev–Trinajstić information content (AvgIpc) is 3.18. The molecule has 7 aromatic rings. The van der Waals surface area contributed by atoms with Crippen molar-refractivity contribution in [3.05, 3.63) is 176 Å². The second kappa shape index (κ2) is 18.3. The molecule has 0 unspecified atom stereocenters. The quantitative estimate of drug-likeness (QED) is 0.0701. The second-order valence-corrected chi connectivity index (χ2v) is 11.4. The first kappa shape index (κ1) is 37.3. The maximum atomic E-state index is 6.21. The van der Waals surface area contributed by atoms with Gasteiger partial charge in [-0.25, -0.2) is 0 Å². The fourth-order valence-corrected chi connectivity index (χ4v) is 6.41. The lowest BCUT2D eigenvalue weighted by atomic mass is 9.85. The van der Waals surface area contributed by atoms with Crippen molar-refractivity contribution < 1.29 is 0 Å². The predicted molar refractivity (Wildman–Crippen MR) is 228 cm³/mol. The van der Waals surface area contributed by atoms with Crippen molar-refractivity contribution in [3.63, 3.8) is 0 Å². The first-order valence-electron chi connectivity index (χ1n) is 16.6. The number of aryl methyl sites for hydroxylation is 1. The molecule has 50 heavy (non-hydrogen) atoms. The third-order valence-electron chi connectivity index (χ3n) is 8.55. The van der Waals surface area contributed by atoms with Crippen molar-refractivity contribution in [2.75, 3.05) is 13.3 Å². The standard InChI is InChI=1S/C42H32.C3H5N.CH5N.CH4S/c1-4-29(5-2)31-13-11-14-32(25-31)33-22-20-30-21-23-35(27-36(30)26-33)42-39-18-8-6-16-37(39)41(34-15-10-12-28(3)24-34)38-17-7-9-19-40(38)42;1-2-3-4;2*1-2/h4-27H,1H2,2-3H3;2-4H,1H2;2H2,1H3;2H,1H3/b29-5+;;;. The summed E-state index contributed by atoms with van der Waals surface area (Å²) >= 11 is 3.53. The molecule has 3 N–H and O–H groups in total. The molecule has 3 heteroatoms. The van der Waals surface area contributed by atoms with E-state index in [1.807, 2.05) is 6.08 Å². The highest BCUT2D eigenvalue weighted by molar-refractivity contribution is 7.79. The van der Waals surface area contributed by atoms with Gasteiger partial charge in [0, 0.05) is 6.21 Å². The van der Waals surface area contributed by atoms with Crippen LogP contribution in [0.5, 0.6) is 0 Å². The number of hydrogen-bond donors (Lipinski definition) is 3. The van der Waals surface area contributed by atoms with Crippen LogP contribution in [0.25, 0.3) is 71.3 Å². The van der Waals surface area contributed by atoms with Gasteiger partial charge in [-0.05, 0) is 122 Å². The van der Waals surface area contributed by atoms with Gasteiger partial charge in [0.2, 0.25) is 0 Å². The second-order valence-electron chi connectivity index (χ2n) is 11.4. The molecule has 0 heterocycles. The van der Waals surface area contributed by atoms with Crippen LogP contribution < -0.4 is 5.73 Å². The Labute approximate surface area is 303 Å². The molecule has 0 atom stereocenters. The van der Waals surface area contributed by atoms with Crippen molar-refractivity contribution >= 4 is 56.7 Å². The van der Waals surface area contributed by atoms with Gasteiger partial charge >= 0.3 is 0 Å². The maximum Gasteiger partial charge on any atom is 0.0171 e. The number of nitrogens with two attached hydrogens (primary N) is 1. The summed E-state index contributed by atoms with van der Waals surface area (Å²) in [6.07, 6.45) is 8.28. The van der Waals surface area contributed by atoms with E-state index in [1.54, 1.807) is 6.26 Å². The Morgan fingerprint density at radius 2 is 1.04 bits per heavy atom. The van der Waals surface area contributed by atoms with Gasteiger partial charge in [0.15, 0.2) is 0 Å². The summed E-state index contributed by atoms with van der Waals surface area (Å²) in [5.41, 5.74) is 15.6. The van der Waals surface area contributed by atoms with Gasteiger partial charge in [-0.15, -0.1) is 0 Å². The lowest BCUT2D eigenvalue weighted by molar-refractivity contribution is 1.47. The summed E-state index contributed by atoms with van der Waals surface area (Å²) in [5, 5.41) is 13.8. The molecule has 0 saturated heterocycles. The predicted octanol–water partition coefficient (Wildman–Crippen LogP) is 13.0. The number of thiol groups is 1. The zero-order chi connectivity index (χ0) is 36.0. The fourth-order valence-electron chi connectivity index (χ4n) is 6.41. The third-order valence-corrected chi connectivity index (χ3v) is 8.55. The minimum atomic E-state index is 1.14. The molecule has 0 radical (unpaired) electrons. The molecule has 0 bridgehead atoms. The lowest BCUT2D eigenvalue weighted by Crippen LogP contribution is -1.91. The Balaban J connectivity index is 0.000000647. The largest absolute Gasteiger partial charge is 0.333 e. The van der Waals surface area contributed by atoms with E-state index in [9.17, 15) is 0 Å². The van der Waals surface area contributed by atoms with Gasteiger partial charge < -0.3 is 11.1 Å². The van der Waals surface area contributed by atoms with E-state index in [-0.39, 0.29) is 0 Å². The fraction of sp³-hybridized carbons (Fsp3) is 0.0851. The third kappa shape index (κ3) is 8.03. The summed E-state index contributed by atoms with van der Waals surface area (Å²) in [4.78, 5) is 0. The van der Waals surface area contributed by atoms with Gasteiger partial charge in [-0.3, -0.25) is 0 Å². The van der Waals surface area contributed by atoms with Crippen LogP contribution in [0.4, 0.5) is 0 Å². The van der Waals surface area contributed by atoms with Crippen molar-refractivity contribution in [1.82, 2.24) is 0 Å². The zero-order valence-electron chi connectivity index (χ0n) is 29.4. The summed E-state index contributed by atoms with van der Waals surface area (Å²) in [6.45, 7) is 11.5. The summed E-state index contributed by atoms with van der Waals surface area (Å²) in [6, 6.07) is 49.0. The molecule has 0 aliphatic rings. The molecule has 0 saturated carbocycles. The van der Waals surface area contributed by atoms with Gasteiger partial charge in [-0.1, -0.05) is 152 Å². The van der Waals surface area contributed by atoms with E-state index in [2.05, 4.69) is 185 Å². The van der Waals surface area contributed by atoms with Gasteiger partial charge in [0.1, 0.15) is 0 Å². The van der Waals surface area contributed by atoms with Crippen LogP contribution in [0.15, 0.2) is 165 Å². The average molecular weight is 671 g/mol. The van der Waals surface area contributed by atoms with E-state index in [1.165, 1.54) is 89.9 Å². The molecule has 0 spiro atoms. The topological polar surface area (TPSA) is 49.9 Å². The number of allylic oxidation sites excluding steroid dienone is 4. The monoisotopic (exact) mass is 670 g/mol. The van der Waals surface area contributed by atoms with Crippen LogP contribution in [0.2, 0.25) is 0 Å². The molecular weight excluding hydrogens is 625 g/mol. The molecule has 0 fully saturated rings. The molecule has 7 rings (SSSR count). The Morgan fingerprint density at radius 3 is 1.54 bits per heavy atom.